The Bertz CT molecular complexity index is 329. The molecule has 0 aromatic rings. The van der Waals surface area contributed by atoms with Crippen molar-refractivity contribution in [3.05, 3.63) is 24.3 Å². The van der Waals surface area contributed by atoms with Crippen LogP contribution in [0.5, 0.6) is 0 Å². The minimum Gasteiger partial charge on any atom is -0.481 e. The third-order valence-electron chi connectivity index (χ3n) is 3.32. The van der Waals surface area contributed by atoms with E-state index in [4.69, 9.17) is 5.11 Å². The van der Waals surface area contributed by atoms with E-state index in [1.165, 1.54) is 0 Å². The maximum atomic E-state index is 11.4. The third kappa shape index (κ3) is 16.6. The lowest BCUT2D eigenvalue weighted by atomic mass is 10.1. The highest BCUT2D eigenvalue weighted by molar-refractivity contribution is 5.89. The van der Waals surface area contributed by atoms with Crippen LogP contribution in [0.2, 0.25) is 0 Å². The van der Waals surface area contributed by atoms with Crippen molar-refractivity contribution in [1.29, 1.82) is 0 Å². The number of allylic oxidation sites excluding steroid dienone is 4. The fraction of sp³-hybridized carbons (Fsp3) is 0.667. The molecular formula is C18H30O3. The summed E-state index contributed by atoms with van der Waals surface area (Å²) in [6.07, 6.45) is 17.9. The highest BCUT2D eigenvalue weighted by Gasteiger charge is 1.96. The van der Waals surface area contributed by atoms with E-state index in [0.29, 0.717) is 6.42 Å². The molecule has 1 N–H and O–H groups in total. The van der Waals surface area contributed by atoms with Crippen LogP contribution in [0.4, 0.5) is 0 Å². The Hall–Kier alpha value is -1.38. The van der Waals surface area contributed by atoms with Crippen molar-refractivity contribution >= 4 is 11.8 Å². The van der Waals surface area contributed by atoms with E-state index in [9.17, 15) is 9.59 Å². The van der Waals surface area contributed by atoms with Crippen molar-refractivity contribution in [2.45, 2.75) is 77.6 Å². The molecule has 0 atom stereocenters. The molecule has 0 fully saturated rings. The second-order valence-corrected chi connectivity index (χ2v) is 5.41. The topological polar surface area (TPSA) is 54.4 Å². The van der Waals surface area contributed by atoms with E-state index in [-0.39, 0.29) is 12.2 Å². The molecule has 0 aromatic heterocycles. The van der Waals surface area contributed by atoms with Crippen LogP contribution in [-0.2, 0) is 9.59 Å². The van der Waals surface area contributed by atoms with Gasteiger partial charge >= 0.3 is 5.97 Å². The van der Waals surface area contributed by atoms with Gasteiger partial charge in [-0.2, -0.15) is 0 Å². The van der Waals surface area contributed by atoms with E-state index >= 15 is 0 Å². The van der Waals surface area contributed by atoms with Crippen LogP contribution in [-0.4, -0.2) is 16.9 Å². The molecule has 0 rings (SSSR count). The summed E-state index contributed by atoms with van der Waals surface area (Å²) in [4.78, 5) is 21.8. The molecule has 3 nitrogen and oxygen atoms in total. The predicted octanol–water partition coefficient (Wildman–Crippen LogP) is 5.06. The fourth-order valence-electron chi connectivity index (χ4n) is 2.04. The van der Waals surface area contributed by atoms with Gasteiger partial charge in [0.1, 0.15) is 0 Å². The summed E-state index contributed by atoms with van der Waals surface area (Å²) in [5, 5.41) is 8.50. The number of hydrogen-bond acceptors (Lipinski definition) is 2. The maximum absolute atomic E-state index is 11.4. The lowest BCUT2D eigenvalue weighted by Crippen LogP contribution is -1.93. The molecule has 0 aliphatic rings. The summed E-state index contributed by atoms with van der Waals surface area (Å²) in [6, 6.07) is 0. The molecule has 0 aliphatic heterocycles. The molecule has 0 heterocycles. The second kappa shape index (κ2) is 15.0. The van der Waals surface area contributed by atoms with Gasteiger partial charge in [0.25, 0.3) is 0 Å². The van der Waals surface area contributed by atoms with Gasteiger partial charge in [0.15, 0.2) is 5.78 Å². The van der Waals surface area contributed by atoms with Crippen molar-refractivity contribution in [3.8, 4) is 0 Å². The zero-order chi connectivity index (χ0) is 15.8. The van der Waals surface area contributed by atoms with Crippen LogP contribution >= 0.6 is 0 Å². The van der Waals surface area contributed by atoms with Crippen LogP contribution in [0.25, 0.3) is 0 Å². The van der Waals surface area contributed by atoms with Crippen molar-refractivity contribution < 1.29 is 14.7 Å². The van der Waals surface area contributed by atoms with Gasteiger partial charge in [-0.15, -0.1) is 0 Å². The summed E-state index contributed by atoms with van der Waals surface area (Å²) in [7, 11) is 0. The molecule has 0 aliphatic carbocycles. The van der Waals surface area contributed by atoms with E-state index in [2.05, 4.69) is 13.0 Å². The molecule has 0 saturated heterocycles. The molecule has 0 aromatic carbocycles. The number of carboxylic acid groups (broad SMARTS) is 1. The normalized spacial score (nSPS) is 11.5. The second-order valence-electron chi connectivity index (χ2n) is 5.41. The van der Waals surface area contributed by atoms with Crippen LogP contribution in [0.15, 0.2) is 24.3 Å². The smallest absolute Gasteiger partial charge is 0.303 e. The number of hydrogen-bond donors (Lipinski definition) is 1. The zero-order valence-corrected chi connectivity index (χ0v) is 13.4. The first kappa shape index (κ1) is 19.6. The highest BCUT2D eigenvalue weighted by atomic mass is 16.4. The standard InChI is InChI=1S/C18H30O3/c1-2-3-11-14-17(19)15-12-9-7-5-4-6-8-10-13-16-18(20)21/h7,9,12,15H,2-6,8,10-11,13-14,16H2,1H3,(H,20,21). The molecule has 0 saturated carbocycles. The summed E-state index contributed by atoms with van der Waals surface area (Å²) < 4.78 is 0. The lowest BCUT2D eigenvalue weighted by molar-refractivity contribution is -0.137. The first-order chi connectivity index (χ1) is 10.2. The highest BCUT2D eigenvalue weighted by Crippen LogP contribution is 2.07. The number of unbranched alkanes of at least 4 members (excludes halogenated alkanes) is 7. The molecule has 21 heavy (non-hydrogen) atoms. The van der Waals surface area contributed by atoms with Gasteiger partial charge in [-0.05, 0) is 31.8 Å². The number of carbonyl (C=O) groups excluding carboxylic acids is 1. The molecule has 0 radical (unpaired) electrons. The number of carbonyl (C=O) groups is 2. The number of ketones is 1. The van der Waals surface area contributed by atoms with Crippen molar-refractivity contribution in [3.63, 3.8) is 0 Å². The Labute approximate surface area is 129 Å². The van der Waals surface area contributed by atoms with E-state index in [1.54, 1.807) is 6.08 Å². The fourth-order valence-corrected chi connectivity index (χ4v) is 2.04. The maximum Gasteiger partial charge on any atom is 0.303 e. The van der Waals surface area contributed by atoms with E-state index < -0.39 is 5.97 Å². The van der Waals surface area contributed by atoms with Crippen LogP contribution in [0, 0.1) is 0 Å². The van der Waals surface area contributed by atoms with Gasteiger partial charge in [-0.3, -0.25) is 9.59 Å². The summed E-state index contributed by atoms with van der Waals surface area (Å²) >= 11 is 0. The minimum absolute atomic E-state index is 0.214. The van der Waals surface area contributed by atoms with Crippen molar-refractivity contribution in [2.75, 3.05) is 0 Å². The predicted molar refractivity (Wildman–Crippen MR) is 87.4 cm³/mol. The number of aliphatic carboxylic acids is 1. The van der Waals surface area contributed by atoms with E-state index in [0.717, 1.165) is 57.8 Å². The Morgan fingerprint density at radius 1 is 0.857 bits per heavy atom. The summed E-state index contributed by atoms with van der Waals surface area (Å²) in [6.45, 7) is 2.13. The first-order valence-electron chi connectivity index (χ1n) is 8.24. The lowest BCUT2D eigenvalue weighted by Gasteiger charge is -1.97. The van der Waals surface area contributed by atoms with Crippen molar-refractivity contribution in [2.24, 2.45) is 0 Å². The third-order valence-corrected chi connectivity index (χ3v) is 3.32. The van der Waals surface area contributed by atoms with Crippen LogP contribution < -0.4 is 0 Å². The zero-order valence-electron chi connectivity index (χ0n) is 13.4. The number of rotatable bonds is 14. The largest absolute Gasteiger partial charge is 0.481 e. The molecule has 0 spiro atoms. The molecule has 3 heteroatoms. The molecule has 0 bridgehead atoms. The number of carboxylic acids is 1. The monoisotopic (exact) mass is 294 g/mol. The Morgan fingerprint density at radius 3 is 2.24 bits per heavy atom. The van der Waals surface area contributed by atoms with Gasteiger partial charge in [0, 0.05) is 12.8 Å². The summed E-state index contributed by atoms with van der Waals surface area (Å²) in [5.74, 6) is -0.486. The van der Waals surface area contributed by atoms with Gasteiger partial charge in [0.2, 0.25) is 0 Å². The Balaban J connectivity index is 3.39. The molecular weight excluding hydrogens is 264 g/mol. The average Bonchev–Trinajstić information content (AvgIpc) is 2.44. The minimum atomic E-state index is -0.700. The summed E-state index contributed by atoms with van der Waals surface area (Å²) in [5.41, 5.74) is 0. The molecule has 0 amide bonds. The Kier molecular flexibility index (Phi) is 14.0. The van der Waals surface area contributed by atoms with Crippen LogP contribution in [0.3, 0.4) is 0 Å². The van der Waals surface area contributed by atoms with Gasteiger partial charge in [-0.25, -0.2) is 0 Å². The average molecular weight is 294 g/mol. The van der Waals surface area contributed by atoms with Gasteiger partial charge in [0.05, 0.1) is 0 Å². The SMILES string of the molecule is CCCCCC(=O)C=CC=CCCCCCCCC(=O)O. The van der Waals surface area contributed by atoms with Crippen LogP contribution in [0.1, 0.15) is 77.6 Å². The molecule has 120 valence electrons. The molecule has 0 unspecified atom stereocenters. The van der Waals surface area contributed by atoms with E-state index in [1.807, 2.05) is 12.2 Å². The van der Waals surface area contributed by atoms with Gasteiger partial charge in [-0.1, -0.05) is 57.3 Å². The van der Waals surface area contributed by atoms with Crippen molar-refractivity contribution in [1.82, 2.24) is 0 Å². The first-order valence-corrected chi connectivity index (χ1v) is 8.24. The quantitative estimate of drug-likeness (QED) is 0.277. The Morgan fingerprint density at radius 2 is 1.52 bits per heavy atom. The van der Waals surface area contributed by atoms with Gasteiger partial charge < -0.3 is 5.11 Å².